The maximum Gasteiger partial charge on any atom is 0.250 e. The van der Waals surface area contributed by atoms with Gasteiger partial charge in [-0.25, -0.2) is 9.97 Å². The fourth-order valence-corrected chi connectivity index (χ4v) is 6.23. The Morgan fingerprint density at radius 1 is 1.00 bits per heavy atom. The van der Waals surface area contributed by atoms with Gasteiger partial charge in [0.1, 0.15) is 12.1 Å². The van der Waals surface area contributed by atoms with Crippen LogP contribution in [-0.4, -0.2) is 73.3 Å². The number of fused-ring (bicyclic) bond motifs is 1. The number of ether oxygens (including phenoxy) is 1. The highest BCUT2D eigenvalue weighted by Gasteiger charge is 2.36. The normalized spacial score (nSPS) is 20.4. The fraction of sp³-hybridized carbons (Fsp3) is 0.483. The van der Waals surface area contributed by atoms with Crippen LogP contribution in [0.4, 0.5) is 5.82 Å². The van der Waals surface area contributed by atoms with Crippen LogP contribution in [0.1, 0.15) is 41.6 Å². The van der Waals surface area contributed by atoms with E-state index in [0.717, 1.165) is 94.2 Å². The van der Waals surface area contributed by atoms with Gasteiger partial charge in [0.05, 0.1) is 24.3 Å². The van der Waals surface area contributed by atoms with Crippen molar-refractivity contribution in [3.8, 4) is 11.1 Å². The van der Waals surface area contributed by atoms with Crippen molar-refractivity contribution in [1.29, 1.82) is 0 Å². The number of nitrogens with one attached hydrogen (secondary N) is 1. The van der Waals surface area contributed by atoms with Crippen molar-refractivity contribution in [2.45, 2.75) is 32.2 Å². The predicted octanol–water partition coefficient (Wildman–Crippen LogP) is 3.20. The standard InChI is InChI=1S/C29H36N6O2/c30-27(36)24-16-23(22-4-2-21(3-5-22)18-34-12-14-37-15-13-34)17-25-26(24)32-20-33-28(25)35-10-7-29(8-11-35)6-1-9-31-19-29/h2-5,16-17,20,31H,1,6-15,18-19H2,(H2,30,36). The minimum atomic E-state index is -0.466. The molecule has 3 aliphatic rings. The first-order chi connectivity index (χ1) is 18.1. The van der Waals surface area contributed by atoms with Gasteiger partial charge in [-0.05, 0) is 66.5 Å². The Hall–Kier alpha value is -3.07. The number of rotatable bonds is 5. The summed E-state index contributed by atoms with van der Waals surface area (Å²) in [6.07, 6.45) is 6.43. The van der Waals surface area contributed by atoms with Gasteiger partial charge in [-0.1, -0.05) is 24.3 Å². The third-order valence-electron chi connectivity index (χ3n) is 8.46. The number of benzene rings is 2. The second kappa shape index (κ2) is 10.4. The number of piperidine rings is 2. The summed E-state index contributed by atoms with van der Waals surface area (Å²) in [6.45, 7) is 8.60. The summed E-state index contributed by atoms with van der Waals surface area (Å²) < 4.78 is 5.47. The molecule has 0 unspecified atom stereocenters. The number of carbonyl (C=O) groups is 1. The van der Waals surface area contributed by atoms with Gasteiger partial charge >= 0.3 is 0 Å². The summed E-state index contributed by atoms with van der Waals surface area (Å²) in [6, 6.07) is 12.6. The zero-order valence-corrected chi connectivity index (χ0v) is 21.4. The lowest BCUT2D eigenvalue weighted by atomic mass is 9.73. The molecule has 3 N–H and O–H groups in total. The largest absolute Gasteiger partial charge is 0.379 e. The molecular formula is C29H36N6O2. The number of hydrogen-bond acceptors (Lipinski definition) is 7. The van der Waals surface area contributed by atoms with Crippen molar-refractivity contribution < 1.29 is 9.53 Å². The van der Waals surface area contributed by atoms with Gasteiger partial charge in [-0.3, -0.25) is 9.69 Å². The van der Waals surface area contributed by atoms with E-state index in [4.69, 9.17) is 15.5 Å². The van der Waals surface area contributed by atoms with Gasteiger partial charge in [0.15, 0.2) is 0 Å². The number of morpholine rings is 1. The van der Waals surface area contributed by atoms with E-state index in [1.54, 1.807) is 6.33 Å². The van der Waals surface area contributed by atoms with Gasteiger partial charge < -0.3 is 20.7 Å². The minimum absolute atomic E-state index is 0.407. The van der Waals surface area contributed by atoms with E-state index in [0.29, 0.717) is 16.5 Å². The molecule has 8 nitrogen and oxygen atoms in total. The summed E-state index contributed by atoms with van der Waals surface area (Å²) in [7, 11) is 0. The smallest absolute Gasteiger partial charge is 0.250 e. The van der Waals surface area contributed by atoms with E-state index in [1.165, 1.54) is 18.4 Å². The van der Waals surface area contributed by atoms with Crippen molar-refractivity contribution in [3.05, 3.63) is 53.9 Å². The van der Waals surface area contributed by atoms with Crippen molar-refractivity contribution in [3.63, 3.8) is 0 Å². The molecule has 8 heteroatoms. The maximum atomic E-state index is 12.5. The van der Waals surface area contributed by atoms with Crippen LogP contribution in [0.15, 0.2) is 42.7 Å². The lowest BCUT2D eigenvalue weighted by molar-refractivity contribution is 0.0342. The second-order valence-corrected chi connectivity index (χ2v) is 10.8. The topological polar surface area (TPSA) is 96.6 Å². The van der Waals surface area contributed by atoms with E-state index in [-0.39, 0.29) is 0 Å². The average Bonchev–Trinajstić information content (AvgIpc) is 2.94. The predicted molar refractivity (Wildman–Crippen MR) is 146 cm³/mol. The molecule has 37 heavy (non-hydrogen) atoms. The number of primary amides is 1. The molecule has 3 aliphatic heterocycles. The highest BCUT2D eigenvalue weighted by molar-refractivity contribution is 6.09. The monoisotopic (exact) mass is 500 g/mol. The molecule has 1 spiro atoms. The summed E-state index contributed by atoms with van der Waals surface area (Å²) in [5, 5.41) is 4.49. The first kappa shape index (κ1) is 24.3. The molecule has 0 atom stereocenters. The van der Waals surface area contributed by atoms with E-state index >= 15 is 0 Å². The third kappa shape index (κ3) is 5.06. The summed E-state index contributed by atoms with van der Waals surface area (Å²) >= 11 is 0. The quantitative estimate of drug-likeness (QED) is 0.555. The van der Waals surface area contributed by atoms with Crippen LogP contribution in [0.25, 0.3) is 22.0 Å². The Morgan fingerprint density at radius 3 is 2.49 bits per heavy atom. The number of carbonyl (C=O) groups excluding carboxylic acids is 1. The van der Waals surface area contributed by atoms with Crippen LogP contribution in [0.3, 0.4) is 0 Å². The van der Waals surface area contributed by atoms with Crippen LogP contribution in [0.2, 0.25) is 0 Å². The zero-order valence-electron chi connectivity index (χ0n) is 21.4. The molecule has 2 aromatic carbocycles. The molecule has 1 aromatic heterocycles. The van der Waals surface area contributed by atoms with Gasteiger partial charge in [-0.15, -0.1) is 0 Å². The lowest BCUT2D eigenvalue weighted by Gasteiger charge is -2.45. The number of nitrogens with zero attached hydrogens (tertiary/aromatic N) is 4. The van der Waals surface area contributed by atoms with Crippen LogP contribution in [-0.2, 0) is 11.3 Å². The van der Waals surface area contributed by atoms with Crippen molar-refractivity contribution in [2.24, 2.45) is 11.1 Å². The van der Waals surface area contributed by atoms with Crippen molar-refractivity contribution in [1.82, 2.24) is 20.2 Å². The fourth-order valence-electron chi connectivity index (χ4n) is 6.23. The molecular weight excluding hydrogens is 464 g/mol. The number of hydrogen-bond donors (Lipinski definition) is 2. The number of anilines is 1. The van der Waals surface area contributed by atoms with Gasteiger partial charge in [0, 0.05) is 44.7 Å². The Balaban J connectivity index is 1.30. The SMILES string of the molecule is NC(=O)c1cc(-c2ccc(CN3CCOCC3)cc2)cc2c(N3CCC4(CCCNC4)CC3)ncnc12. The Bertz CT molecular complexity index is 1260. The number of aromatic nitrogens is 2. The molecule has 3 saturated heterocycles. The summed E-state index contributed by atoms with van der Waals surface area (Å²) in [5.41, 5.74) is 10.6. The van der Waals surface area contributed by atoms with Gasteiger partial charge in [0.25, 0.3) is 5.91 Å². The van der Waals surface area contributed by atoms with Gasteiger partial charge in [0.2, 0.25) is 0 Å². The molecule has 1 amide bonds. The molecule has 3 aromatic rings. The van der Waals surface area contributed by atoms with E-state index < -0.39 is 5.91 Å². The van der Waals surface area contributed by atoms with Crippen LogP contribution < -0.4 is 16.0 Å². The van der Waals surface area contributed by atoms with E-state index in [2.05, 4.69) is 50.4 Å². The highest BCUT2D eigenvalue weighted by Crippen LogP contribution is 2.40. The van der Waals surface area contributed by atoms with Crippen LogP contribution in [0.5, 0.6) is 0 Å². The van der Waals surface area contributed by atoms with Crippen LogP contribution in [0, 0.1) is 5.41 Å². The summed E-state index contributed by atoms with van der Waals surface area (Å²) in [4.78, 5) is 26.5. The molecule has 6 rings (SSSR count). The number of amides is 1. The van der Waals surface area contributed by atoms with Gasteiger partial charge in [-0.2, -0.15) is 0 Å². The third-order valence-corrected chi connectivity index (χ3v) is 8.46. The van der Waals surface area contributed by atoms with E-state index in [9.17, 15) is 4.79 Å². The molecule has 0 radical (unpaired) electrons. The zero-order chi connectivity index (χ0) is 25.2. The van der Waals surface area contributed by atoms with Crippen molar-refractivity contribution in [2.75, 3.05) is 57.4 Å². The first-order valence-corrected chi connectivity index (χ1v) is 13.5. The lowest BCUT2D eigenvalue weighted by Crippen LogP contribution is -2.48. The first-order valence-electron chi connectivity index (χ1n) is 13.5. The van der Waals surface area contributed by atoms with E-state index in [1.807, 2.05) is 6.07 Å². The molecule has 0 saturated carbocycles. The minimum Gasteiger partial charge on any atom is -0.379 e. The highest BCUT2D eigenvalue weighted by atomic mass is 16.5. The van der Waals surface area contributed by atoms with Crippen molar-refractivity contribution >= 4 is 22.6 Å². The molecule has 0 bridgehead atoms. The Labute approximate surface area is 218 Å². The molecule has 0 aliphatic carbocycles. The molecule has 4 heterocycles. The second-order valence-electron chi connectivity index (χ2n) is 10.8. The molecule has 194 valence electrons. The Morgan fingerprint density at radius 2 is 1.78 bits per heavy atom. The molecule has 3 fully saturated rings. The van der Waals surface area contributed by atoms with Crippen LogP contribution >= 0.6 is 0 Å². The summed E-state index contributed by atoms with van der Waals surface area (Å²) in [5.74, 6) is 0.434. The maximum absolute atomic E-state index is 12.5. The Kier molecular flexibility index (Phi) is 6.80. The number of nitrogens with two attached hydrogens (primary N) is 1. The average molecular weight is 501 g/mol.